The van der Waals surface area contributed by atoms with Crippen molar-refractivity contribution < 1.29 is 19.7 Å². The third kappa shape index (κ3) is 3.33. The summed E-state index contributed by atoms with van der Waals surface area (Å²) in [4.78, 5) is 0. The summed E-state index contributed by atoms with van der Waals surface area (Å²) in [5.41, 5.74) is 5.86. The number of hydrogen-bond acceptors (Lipinski definition) is 5. The van der Waals surface area contributed by atoms with Crippen molar-refractivity contribution in [3.05, 3.63) is 23.8 Å². The summed E-state index contributed by atoms with van der Waals surface area (Å²) in [5.74, 6) is 1.11. The van der Waals surface area contributed by atoms with E-state index in [0.29, 0.717) is 30.0 Å². The highest BCUT2D eigenvalue weighted by atomic mass is 16.5. The first kappa shape index (κ1) is 13.8. The van der Waals surface area contributed by atoms with Crippen LogP contribution in [0.25, 0.3) is 0 Å². The van der Waals surface area contributed by atoms with Gasteiger partial charge >= 0.3 is 0 Å². The van der Waals surface area contributed by atoms with Gasteiger partial charge in [0.05, 0.1) is 20.3 Å². The number of methoxy groups -OCH3 is 2. The van der Waals surface area contributed by atoms with Gasteiger partial charge < -0.3 is 25.4 Å². The topological polar surface area (TPSA) is 84.9 Å². The van der Waals surface area contributed by atoms with E-state index < -0.39 is 12.2 Å². The Labute approximate surface area is 101 Å². The molecule has 17 heavy (non-hydrogen) atoms. The van der Waals surface area contributed by atoms with Crippen molar-refractivity contribution >= 4 is 0 Å². The van der Waals surface area contributed by atoms with Gasteiger partial charge in [-0.25, -0.2) is 0 Å². The molecule has 0 aliphatic heterocycles. The molecule has 2 atom stereocenters. The number of aliphatic hydroxyl groups is 2. The molecule has 0 heterocycles. The molecule has 5 nitrogen and oxygen atoms in total. The zero-order chi connectivity index (χ0) is 12.8. The monoisotopic (exact) mass is 241 g/mol. The Balaban J connectivity index is 2.96. The van der Waals surface area contributed by atoms with Crippen molar-refractivity contribution in [2.45, 2.75) is 18.6 Å². The van der Waals surface area contributed by atoms with Crippen LogP contribution >= 0.6 is 0 Å². The molecule has 0 saturated heterocycles. The first-order valence-corrected chi connectivity index (χ1v) is 5.42. The van der Waals surface area contributed by atoms with Crippen LogP contribution in [0.2, 0.25) is 0 Å². The van der Waals surface area contributed by atoms with Crippen molar-refractivity contribution in [2.24, 2.45) is 5.73 Å². The Morgan fingerprint density at radius 2 is 1.94 bits per heavy atom. The third-order valence-electron chi connectivity index (χ3n) is 2.59. The lowest BCUT2D eigenvalue weighted by atomic mass is 10.0. The van der Waals surface area contributed by atoms with Gasteiger partial charge in [-0.2, -0.15) is 0 Å². The molecule has 0 spiro atoms. The number of aliphatic hydroxyl groups excluding tert-OH is 2. The van der Waals surface area contributed by atoms with Gasteiger partial charge in [0.25, 0.3) is 0 Å². The Morgan fingerprint density at radius 3 is 2.47 bits per heavy atom. The fourth-order valence-corrected chi connectivity index (χ4v) is 1.60. The predicted octanol–water partition coefficient (Wildman–Crippen LogP) is 0.447. The zero-order valence-electron chi connectivity index (χ0n) is 10.1. The van der Waals surface area contributed by atoms with Crippen molar-refractivity contribution in [3.8, 4) is 11.5 Å². The first-order valence-electron chi connectivity index (χ1n) is 5.42. The molecule has 5 heteroatoms. The molecule has 0 amide bonds. The summed E-state index contributed by atoms with van der Waals surface area (Å²) in [6.07, 6.45) is -1.59. The molecular weight excluding hydrogens is 222 g/mol. The van der Waals surface area contributed by atoms with Gasteiger partial charge in [-0.3, -0.25) is 0 Å². The normalized spacial score (nSPS) is 14.2. The molecule has 0 aliphatic rings. The molecule has 0 bridgehead atoms. The molecule has 96 valence electrons. The lowest BCUT2D eigenvalue weighted by Gasteiger charge is -2.20. The Hall–Kier alpha value is -1.30. The average molecular weight is 241 g/mol. The van der Waals surface area contributed by atoms with Gasteiger partial charge in [-0.15, -0.1) is 0 Å². The molecule has 1 aromatic carbocycles. The van der Waals surface area contributed by atoms with Crippen LogP contribution in [-0.2, 0) is 0 Å². The van der Waals surface area contributed by atoms with E-state index in [9.17, 15) is 10.2 Å². The van der Waals surface area contributed by atoms with Crippen LogP contribution in [0.1, 0.15) is 18.1 Å². The minimum atomic E-state index is -1.01. The van der Waals surface area contributed by atoms with Crippen LogP contribution in [0.4, 0.5) is 0 Å². The molecule has 4 N–H and O–H groups in total. The summed E-state index contributed by atoms with van der Waals surface area (Å²) in [5, 5.41) is 19.7. The second kappa shape index (κ2) is 6.44. The van der Waals surface area contributed by atoms with Crippen LogP contribution in [0, 0.1) is 0 Å². The summed E-state index contributed by atoms with van der Waals surface area (Å²) in [6.45, 7) is 0.316. The van der Waals surface area contributed by atoms with E-state index in [1.165, 1.54) is 7.11 Å². The van der Waals surface area contributed by atoms with Crippen LogP contribution in [0.5, 0.6) is 11.5 Å². The number of rotatable bonds is 6. The van der Waals surface area contributed by atoms with Gasteiger partial charge in [0.15, 0.2) is 0 Å². The van der Waals surface area contributed by atoms with Crippen LogP contribution < -0.4 is 15.2 Å². The highest BCUT2D eigenvalue weighted by Crippen LogP contribution is 2.31. The Kier molecular flexibility index (Phi) is 5.21. The zero-order valence-corrected chi connectivity index (χ0v) is 10.1. The maximum absolute atomic E-state index is 9.97. The van der Waals surface area contributed by atoms with Crippen LogP contribution in [0.3, 0.4) is 0 Å². The molecule has 0 radical (unpaired) electrons. The highest BCUT2D eigenvalue weighted by Gasteiger charge is 2.21. The van der Waals surface area contributed by atoms with Gasteiger partial charge in [-0.1, -0.05) is 0 Å². The molecule has 0 fully saturated rings. The largest absolute Gasteiger partial charge is 0.497 e. The maximum Gasteiger partial charge on any atom is 0.128 e. The maximum atomic E-state index is 9.97. The smallest absolute Gasteiger partial charge is 0.128 e. The molecule has 1 aromatic rings. The van der Waals surface area contributed by atoms with Gasteiger partial charge in [0.2, 0.25) is 0 Å². The van der Waals surface area contributed by atoms with Crippen molar-refractivity contribution in [2.75, 3.05) is 20.8 Å². The predicted molar refractivity (Wildman–Crippen MR) is 64.2 cm³/mol. The third-order valence-corrected chi connectivity index (χ3v) is 2.59. The van der Waals surface area contributed by atoms with E-state index in [1.54, 1.807) is 25.3 Å². The van der Waals surface area contributed by atoms with E-state index in [1.807, 2.05) is 0 Å². The number of nitrogens with two attached hydrogens (primary N) is 1. The van der Waals surface area contributed by atoms with E-state index in [0.717, 1.165) is 0 Å². The second-order valence-electron chi connectivity index (χ2n) is 3.70. The second-order valence-corrected chi connectivity index (χ2v) is 3.70. The molecule has 1 rings (SSSR count). The molecule has 0 aromatic heterocycles. The van der Waals surface area contributed by atoms with Crippen molar-refractivity contribution in [3.63, 3.8) is 0 Å². The van der Waals surface area contributed by atoms with Gasteiger partial charge in [0.1, 0.15) is 17.6 Å². The highest BCUT2D eigenvalue weighted by molar-refractivity contribution is 5.42. The minimum absolute atomic E-state index is 0.316. The van der Waals surface area contributed by atoms with Crippen LogP contribution in [-0.4, -0.2) is 37.1 Å². The minimum Gasteiger partial charge on any atom is -0.497 e. The van der Waals surface area contributed by atoms with Gasteiger partial charge in [-0.05, 0) is 25.1 Å². The quantitative estimate of drug-likeness (QED) is 0.673. The number of ether oxygens (including phenoxy) is 2. The molecular formula is C12H19NO4. The average Bonchev–Trinajstić information content (AvgIpc) is 2.37. The lowest BCUT2D eigenvalue weighted by Crippen LogP contribution is -2.22. The molecule has 0 aliphatic carbocycles. The van der Waals surface area contributed by atoms with Crippen molar-refractivity contribution in [1.82, 2.24) is 0 Å². The van der Waals surface area contributed by atoms with Crippen molar-refractivity contribution in [1.29, 1.82) is 0 Å². The Morgan fingerprint density at radius 1 is 1.24 bits per heavy atom. The fourth-order valence-electron chi connectivity index (χ4n) is 1.60. The van der Waals surface area contributed by atoms with E-state index in [2.05, 4.69) is 0 Å². The van der Waals surface area contributed by atoms with E-state index in [-0.39, 0.29) is 0 Å². The molecule has 0 saturated carbocycles. The van der Waals surface area contributed by atoms with E-state index >= 15 is 0 Å². The molecule has 2 unspecified atom stereocenters. The number of hydrogen-bond donors (Lipinski definition) is 3. The fraction of sp³-hybridized carbons (Fsp3) is 0.500. The number of benzene rings is 1. The van der Waals surface area contributed by atoms with Gasteiger partial charge in [0, 0.05) is 11.6 Å². The Bertz CT molecular complexity index is 356. The SMILES string of the molecule is COc1ccc(C(O)C(O)CCN)c(OC)c1. The first-order chi connectivity index (χ1) is 8.13. The standard InChI is InChI=1S/C12H19NO4/c1-16-8-3-4-9(11(7-8)17-2)12(15)10(14)5-6-13/h3-4,7,10,12,14-15H,5-6,13H2,1-2H3. The summed E-state index contributed by atoms with van der Waals surface area (Å²) >= 11 is 0. The summed E-state index contributed by atoms with van der Waals surface area (Å²) in [7, 11) is 3.05. The lowest BCUT2D eigenvalue weighted by molar-refractivity contribution is 0.0137. The van der Waals surface area contributed by atoms with E-state index in [4.69, 9.17) is 15.2 Å². The summed E-state index contributed by atoms with van der Waals surface area (Å²) < 4.78 is 10.2. The summed E-state index contributed by atoms with van der Waals surface area (Å²) in [6, 6.07) is 5.03. The van der Waals surface area contributed by atoms with Crippen LogP contribution in [0.15, 0.2) is 18.2 Å².